The third kappa shape index (κ3) is 2.57. The lowest BCUT2D eigenvalue weighted by atomic mass is 10.2. The third-order valence-corrected chi connectivity index (χ3v) is 2.24. The van der Waals surface area contributed by atoms with Crippen molar-refractivity contribution in [1.82, 2.24) is 4.98 Å². The normalized spacial score (nSPS) is 9.94. The number of rotatable bonds is 3. The Kier molecular flexibility index (Phi) is 3.00. The van der Waals surface area contributed by atoms with Crippen LogP contribution >= 0.6 is 0 Å². The topological polar surface area (TPSA) is 65.3 Å². The molecule has 1 aromatic heterocycles. The van der Waals surface area contributed by atoms with Gasteiger partial charge in [0.05, 0.1) is 11.1 Å². The number of pyridine rings is 1. The maximum Gasteiger partial charge on any atom is 0.272 e. The predicted molar refractivity (Wildman–Crippen MR) is 62.1 cm³/mol. The summed E-state index contributed by atoms with van der Waals surface area (Å²) in [5.74, 6) is 1.15. The summed E-state index contributed by atoms with van der Waals surface area (Å²) >= 11 is 0. The number of benzene rings is 1. The van der Waals surface area contributed by atoms with Crippen LogP contribution in [0.15, 0.2) is 42.7 Å². The fourth-order valence-corrected chi connectivity index (χ4v) is 1.44. The Hall–Kier alpha value is -2.43. The number of nitro groups is 1. The Morgan fingerprint density at radius 3 is 2.71 bits per heavy atom. The van der Waals surface area contributed by atoms with Crippen molar-refractivity contribution in [3.05, 3.63) is 58.4 Å². The van der Waals surface area contributed by atoms with E-state index < -0.39 is 4.92 Å². The molecule has 0 bridgehead atoms. The number of aromatic nitrogens is 1. The SMILES string of the molecule is Cc1cc(Oc2cccnc2)ccc1[N+](=O)[O-]. The van der Waals surface area contributed by atoms with Gasteiger partial charge in [0, 0.05) is 17.8 Å². The van der Waals surface area contributed by atoms with Crippen molar-refractivity contribution >= 4 is 5.69 Å². The fourth-order valence-electron chi connectivity index (χ4n) is 1.44. The van der Waals surface area contributed by atoms with E-state index in [2.05, 4.69) is 4.98 Å². The molecule has 0 atom stereocenters. The predicted octanol–water partition coefficient (Wildman–Crippen LogP) is 3.09. The summed E-state index contributed by atoms with van der Waals surface area (Å²) < 4.78 is 5.51. The molecule has 1 aromatic carbocycles. The molecule has 0 N–H and O–H groups in total. The highest BCUT2D eigenvalue weighted by Crippen LogP contribution is 2.26. The molecule has 0 aliphatic carbocycles. The molecular weight excluding hydrogens is 220 g/mol. The Balaban J connectivity index is 2.24. The van der Waals surface area contributed by atoms with Gasteiger partial charge in [0.2, 0.25) is 0 Å². The minimum absolute atomic E-state index is 0.0866. The molecule has 2 rings (SSSR count). The van der Waals surface area contributed by atoms with Gasteiger partial charge < -0.3 is 4.74 Å². The molecule has 5 nitrogen and oxygen atoms in total. The van der Waals surface area contributed by atoms with Gasteiger partial charge in [-0.2, -0.15) is 0 Å². The van der Waals surface area contributed by atoms with Crippen molar-refractivity contribution in [2.24, 2.45) is 0 Å². The first-order valence-electron chi connectivity index (χ1n) is 5.00. The summed E-state index contributed by atoms with van der Waals surface area (Å²) in [4.78, 5) is 14.1. The maximum absolute atomic E-state index is 10.6. The van der Waals surface area contributed by atoms with E-state index in [9.17, 15) is 10.1 Å². The van der Waals surface area contributed by atoms with Crippen molar-refractivity contribution < 1.29 is 9.66 Å². The van der Waals surface area contributed by atoms with Gasteiger partial charge in [-0.3, -0.25) is 15.1 Å². The first-order valence-corrected chi connectivity index (χ1v) is 5.00. The van der Waals surface area contributed by atoms with Crippen LogP contribution in [0, 0.1) is 17.0 Å². The molecule has 0 saturated carbocycles. The Labute approximate surface area is 97.8 Å². The first kappa shape index (κ1) is 11.1. The van der Waals surface area contributed by atoms with E-state index in [4.69, 9.17) is 4.74 Å². The van der Waals surface area contributed by atoms with E-state index in [1.54, 1.807) is 43.6 Å². The Morgan fingerprint density at radius 1 is 1.29 bits per heavy atom. The molecule has 0 amide bonds. The lowest BCUT2D eigenvalue weighted by Gasteiger charge is -2.05. The van der Waals surface area contributed by atoms with Crippen LogP contribution in [0.4, 0.5) is 5.69 Å². The van der Waals surface area contributed by atoms with E-state index in [0.717, 1.165) is 0 Å². The van der Waals surface area contributed by atoms with Gasteiger partial charge in [0.1, 0.15) is 11.5 Å². The van der Waals surface area contributed by atoms with Crippen LogP contribution < -0.4 is 4.74 Å². The van der Waals surface area contributed by atoms with Gasteiger partial charge in [-0.25, -0.2) is 0 Å². The van der Waals surface area contributed by atoms with E-state index in [-0.39, 0.29) is 5.69 Å². The van der Waals surface area contributed by atoms with Crippen LogP contribution in [0.2, 0.25) is 0 Å². The first-order chi connectivity index (χ1) is 8.16. The molecule has 86 valence electrons. The van der Waals surface area contributed by atoms with E-state index in [0.29, 0.717) is 17.1 Å². The standard InChI is InChI=1S/C12H10N2O3/c1-9-7-10(4-5-12(9)14(15)16)17-11-3-2-6-13-8-11/h2-8H,1H3. The number of ether oxygens (including phenoxy) is 1. The van der Waals surface area contributed by atoms with E-state index >= 15 is 0 Å². The zero-order valence-electron chi connectivity index (χ0n) is 9.16. The lowest BCUT2D eigenvalue weighted by molar-refractivity contribution is -0.385. The van der Waals surface area contributed by atoms with Crippen LogP contribution in [0.25, 0.3) is 0 Å². The number of hydrogen-bond acceptors (Lipinski definition) is 4. The van der Waals surface area contributed by atoms with E-state index in [1.807, 2.05) is 0 Å². The molecule has 0 radical (unpaired) electrons. The van der Waals surface area contributed by atoms with Crippen LogP contribution in [-0.4, -0.2) is 9.91 Å². The molecule has 0 aliphatic heterocycles. The number of hydrogen-bond donors (Lipinski definition) is 0. The third-order valence-electron chi connectivity index (χ3n) is 2.24. The van der Waals surface area contributed by atoms with Crippen LogP contribution in [0.3, 0.4) is 0 Å². The molecule has 0 spiro atoms. The quantitative estimate of drug-likeness (QED) is 0.600. The second kappa shape index (κ2) is 4.61. The second-order valence-electron chi connectivity index (χ2n) is 3.50. The van der Waals surface area contributed by atoms with E-state index in [1.165, 1.54) is 6.07 Å². The summed E-state index contributed by atoms with van der Waals surface area (Å²) in [6, 6.07) is 8.15. The summed E-state index contributed by atoms with van der Waals surface area (Å²) in [5.41, 5.74) is 0.653. The van der Waals surface area contributed by atoms with Gasteiger partial charge in [-0.1, -0.05) is 0 Å². The van der Waals surface area contributed by atoms with Gasteiger partial charge in [0.15, 0.2) is 0 Å². The van der Waals surface area contributed by atoms with Crippen molar-refractivity contribution in [1.29, 1.82) is 0 Å². The molecule has 0 fully saturated rings. The second-order valence-corrected chi connectivity index (χ2v) is 3.50. The van der Waals surface area contributed by atoms with Gasteiger partial charge in [-0.05, 0) is 31.2 Å². The van der Waals surface area contributed by atoms with Gasteiger partial charge in [0.25, 0.3) is 5.69 Å². The minimum Gasteiger partial charge on any atom is -0.456 e. The van der Waals surface area contributed by atoms with Crippen molar-refractivity contribution in [2.75, 3.05) is 0 Å². The average molecular weight is 230 g/mol. The van der Waals surface area contributed by atoms with Gasteiger partial charge >= 0.3 is 0 Å². The smallest absolute Gasteiger partial charge is 0.272 e. The average Bonchev–Trinajstić information content (AvgIpc) is 2.30. The van der Waals surface area contributed by atoms with Crippen LogP contribution in [-0.2, 0) is 0 Å². The summed E-state index contributed by atoms with van der Waals surface area (Å²) in [5, 5.41) is 10.6. The Morgan fingerprint density at radius 2 is 2.12 bits per heavy atom. The molecule has 5 heteroatoms. The highest BCUT2D eigenvalue weighted by atomic mass is 16.6. The molecule has 17 heavy (non-hydrogen) atoms. The van der Waals surface area contributed by atoms with Crippen molar-refractivity contribution in [2.45, 2.75) is 6.92 Å². The molecule has 0 aliphatic rings. The molecule has 0 unspecified atom stereocenters. The number of aryl methyl sites for hydroxylation is 1. The van der Waals surface area contributed by atoms with Crippen molar-refractivity contribution in [3.8, 4) is 11.5 Å². The Bertz CT molecular complexity index is 541. The summed E-state index contributed by atoms with van der Waals surface area (Å²) in [7, 11) is 0. The highest BCUT2D eigenvalue weighted by Gasteiger charge is 2.10. The van der Waals surface area contributed by atoms with Crippen LogP contribution in [0.5, 0.6) is 11.5 Å². The maximum atomic E-state index is 10.6. The number of nitro benzene ring substituents is 1. The van der Waals surface area contributed by atoms with Gasteiger partial charge in [-0.15, -0.1) is 0 Å². The zero-order valence-corrected chi connectivity index (χ0v) is 9.16. The molecule has 0 saturated heterocycles. The van der Waals surface area contributed by atoms with Crippen molar-refractivity contribution in [3.63, 3.8) is 0 Å². The zero-order chi connectivity index (χ0) is 12.3. The monoisotopic (exact) mass is 230 g/mol. The molecular formula is C12H10N2O3. The van der Waals surface area contributed by atoms with Crippen LogP contribution in [0.1, 0.15) is 5.56 Å². The molecule has 2 aromatic rings. The molecule has 1 heterocycles. The number of nitrogens with zero attached hydrogens (tertiary/aromatic N) is 2. The summed E-state index contributed by atoms with van der Waals surface area (Å²) in [6.07, 6.45) is 3.23. The lowest BCUT2D eigenvalue weighted by Crippen LogP contribution is -1.92. The largest absolute Gasteiger partial charge is 0.456 e. The summed E-state index contributed by atoms with van der Waals surface area (Å²) in [6.45, 7) is 1.67. The fraction of sp³-hybridized carbons (Fsp3) is 0.0833. The highest BCUT2D eigenvalue weighted by molar-refractivity contribution is 5.45. The minimum atomic E-state index is -0.414.